The van der Waals surface area contributed by atoms with Crippen molar-refractivity contribution >= 4 is 23.4 Å². The van der Waals surface area contributed by atoms with Gasteiger partial charge in [0.25, 0.3) is 0 Å². The predicted octanol–water partition coefficient (Wildman–Crippen LogP) is 4.61. The highest BCUT2D eigenvalue weighted by molar-refractivity contribution is 6.30. The fourth-order valence-corrected chi connectivity index (χ4v) is 3.25. The van der Waals surface area contributed by atoms with E-state index in [-0.39, 0.29) is 18.2 Å². The quantitative estimate of drug-likeness (QED) is 0.529. The molecule has 0 aliphatic rings. The summed E-state index contributed by atoms with van der Waals surface area (Å²) < 4.78 is 5.20. The summed E-state index contributed by atoms with van der Waals surface area (Å²) in [6.45, 7) is 4.87. The highest BCUT2D eigenvalue weighted by Crippen LogP contribution is 2.17. The molecule has 0 bridgehead atoms. The van der Waals surface area contributed by atoms with Gasteiger partial charge in [-0.05, 0) is 48.7 Å². The first-order chi connectivity index (χ1) is 14.4. The van der Waals surface area contributed by atoms with Gasteiger partial charge in [0.05, 0.1) is 13.5 Å². The smallest absolute Gasteiger partial charge is 0.242 e. The summed E-state index contributed by atoms with van der Waals surface area (Å²) in [5.74, 6) is 0.507. The van der Waals surface area contributed by atoms with Crippen LogP contribution >= 0.6 is 11.6 Å². The Morgan fingerprint density at radius 3 is 2.27 bits per heavy atom. The zero-order valence-electron chi connectivity index (χ0n) is 18.0. The second-order valence-corrected chi connectivity index (χ2v) is 7.78. The molecule has 2 rings (SSSR count). The van der Waals surface area contributed by atoms with Crippen LogP contribution in [0.25, 0.3) is 0 Å². The van der Waals surface area contributed by atoms with Crippen LogP contribution in [-0.4, -0.2) is 36.4 Å². The molecule has 30 heavy (non-hydrogen) atoms. The monoisotopic (exact) mass is 430 g/mol. The summed E-state index contributed by atoms with van der Waals surface area (Å²) in [6.07, 6.45) is 3.31. The minimum atomic E-state index is -0.575. The van der Waals surface area contributed by atoms with Gasteiger partial charge in [-0.15, -0.1) is 0 Å². The van der Waals surface area contributed by atoms with E-state index in [1.54, 1.807) is 31.1 Å². The molecule has 0 spiro atoms. The van der Waals surface area contributed by atoms with Gasteiger partial charge in [0.15, 0.2) is 0 Å². The molecule has 0 aromatic heterocycles. The standard InChI is InChI=1S/C24H31ClN2O3/c1-4-5-6-15-26-24(29)18(2)27(17-20-9-13-22(30-3)14-10-20)23(28)16-19-7-11-21(25)12-8-19/h7-14,18H,4-6,15-17H2,1-3H3,(H,26,29). The molecule has 6 heteroatoms. The van der Waals surface area contributed by atoms with Gasteiger partial charge in [0.1, 0.15) is 11.8 Å². The van der Waals surface area contributed by atoms with Crippen LogP contribution in [-0.2, 0) is 22.6 Å². The van der Waals surface area contributed by atoms with Crippen LogP contribution in [0, 0.1) is 0 Å². The predicted molar refractivity (Wildman–Crippen MR) is 121 cm³/mol. The van der Waals surface area contributed by atoms with Crippen LogP contribution in [0.1, 0.15) is 44.2 Å². The molecule has 1 atom stereocenters. The average Bonchev–Trinajstić information content (AvgIpc) is 2.76. The molecule has 0 radical (unpaired) electrons. The molecule has 5 nitrogen and oxygen atoms in total. The lowest BCUT2D eigenvalue weighted by Gasteiger charge is -2.29. The third-order valence-electron chi connectivity index (χ3n) is 5.03. The van der Waals surface area contributed by atoms with E-state index in [1.807, 2.05) is 36.4 Å². The van der Waals surface area contributed by atoms with Gasteiger partial charge in [0, 0.05) is 18.1 Å². The van der Waals surface area contributed by atoms with E-state index < -0.39 is 6.04 Å². The summed E-state index contributed by atoms with van der Waals surface area (Å²) in [7, 11) is 1.61. The zero-order chi connectivity index (χ0) is 21.9. The number of amides is 2. The molecule has 2 amide bonds. The Bertz CT molecular complexity index is 806. The summed E-state index contributed by atoms with van der Waals surface area (Å²) >= 11 is 5.95. The third kappa shape index (κ3) is 7.38. The summed E-state index contributed by atoms with van der Waals surface area (Å²) in [5, 5.41) is 3.58. The maximum atomic E-state index is 13.1. The van der Waals surface area contributed by atoms with E-state index >= 15 is 0 Å². The molecule has 0 heterocycles. The lowest BCUT2D eigenvalue weighted by atomic mass is 10.1. The maximum absolute atomic E-state index is 13.1. The normalized spacial score (nSPS) is 11.6. The maximum Gasteiger partial charge on any atom is 0.242 e. The van der Waals surface area contributed by atoms with Gasteiger partial charge in [-0.2, -0.15) is 0 Å². The highest BCUT2D eigenvalue weighted by atomic mass is 35.5. The van der Waals surface area contributed by atoms with Crippen molar-refractivity contribution in [2.24, 2.45) is 0 Å². The number of benzene rings is 2. The van der Waals surface area contributed by atoms with Crippen molar-refractivity contribution in [3.05, 3.63) is 64.7 Å². The van der Waals surface area contributed by atoms with E-state index in [9.17, 15) is 9.59 Å². The van der Waals surface area contributed by atoms with Crippen LogP contribution in [0.15, 0.2) is 48.5 Å². The van der Waals surface area contributed by atoms with E-state index in [1.165, 1.54) is 0 Å². The van der Waals surface area contributed by atoms with Crippen molar-refractivity contribution < 1.29 is 14.3 Å². The van der Waals surface area contributed by atoms with Crippen LogP contribution in [0.4, 0.5) is 0 Å². The van der Waals surface area contributed by atoms with Gasteiger partial charge >= 0.3 is 0 Å². The SMILES string of the molecule is CCCCCNC(=O)C(C)N(Cc1ccc(OC)cc1)C(=O)Cc1ccc(Cl)cc1. The molecular weight excluding hydrogens is 400 g/mol. The van der Waals surface area contributed by atoms with Crippen molar-refractivity contribution in [2.75, 3.05) is 13.7 Å². The topological polar surface area (TPSA) is 58.6 Å². The second kappa shape index (κ2) is 12.2. The summed E-state index contributed by atoms with van der Waals surface area (Å²) in [6, 6.07) is 14.2. The average molecular weight is 431 g/mol. The minimum Gasteiger partial charge on any atom is -0.497 e. The molecule has 0 fully saturated rings. The first kappa shape index (κ1) is 23.7. The molecule has 0 aliphatic carbocycles. The van der Waals surface area contributed by atoms with E-state index in [4.69, 9.17) is 16.3 Å². The number of methoxy groups -OCH3 is 1. The number of carbonyl (C=O) groups excluding carboxylic acids is 2. The summed E-state index contributed by atoms with van der Waals surface area (Å²) in [5.41, 5.74) is 1.80. The Balaban J connectivity index is 2.13. The first-order valence-electron chi connectivity index (χ1n) is 10.4. The fraction of sp³-hybridized carbons (Fsp3) is 0.417. The number of hydrogen-bond acceptors (Lipinski definition) is 3. The molecule has 1 unspecified atom stereocenters. The Morgan fingerprint density at radius 1 is 1.03 bits per heavy atom. The third-order valence-corrected chi connectivity index (χ3v) is 5.28. The van der Waals surface area contributed by atoms with Gasteiger partial charge in [-0.3, -0.25) is 9.59 Å². The van der Waals surface area contributed by atoms with Crippen LogP contribution in [0.3, 0.4) is 0 Å². The highest BCUT2D eigenvalue weighted by Gasteiger charge is 2.26. The lowest BCUT2D eigenvalue weighted by molar-refractivity contribution is -0.140. The van der Waals surface area contributed by atoms with Crippen LogP contribution in [0.2, 0.25) is 5.02 Å². The lowest BCUT2D eigenvalue weighted by Crippen LogP contribution is -2.48. The van der Waals surface area contributed by atoms with Gasteiger partial charge in [-0.25, -0.2) is 0 Å². The second-order valence-electron chi connectivity index (χ2n) is 7.35. The van der Waals surface area contributed by atoms with Crippen molar-refractivity contribution in [1.29, 1.82) is 0 Å². The first-order valence-corrected chi connectivity index (χ1v) is 10.8. The molecule has 0 saturated carbocycles. The van der Waals surface area contributed by atoms with Crippen molar-refractivity contribution in [1.82, 2.24) is 10.2 Å². The van der Waals surface area contributed by atoms with Crippen LogP contribution < -0.4 is 10.1 Å². The molecule has 0 saturated heterocycles. The molecule has 2 aromatic rings. The van der Waals surface area contributed by atoms with Gasteiger partial charge < -0.3 is 15.0 Å². The fourth-order valence-electron chi connectivity index (χ4n) is 3.12. The summed E-state index contributed by atoms with van der Waals surface area (Å²) in [4.78, 5) is 27.5. The number of carbonyl (C=O) groups is 2. The van der Waals surface area contributed by atoms with Crippen molar-refractivity contribution in [2.45, 2.75) is 52.1 Å². The number of halogens is 1. The Hall–Kier alpha value is -2.53. The Morgan fingerprint density at radius 2 is 1.67 bits per heavy atom. The van der Waals surface area contributed by atoms with E-state index in [0.29, 0.717) is 18.1 Å². The molecule has 0 aliphatic heterocycles. The molecule has 162 valence electrons. The number of hydrogen-bond donors (Lipinski definition) is 1. The Labute approximate surface area is 184 Å². The number of nitrogens with one attached hydrogen (secondary N) is 1. The van der Waals surface area contributed by atoms with Gasteiger partial charge in [0.2, 0.25) is 11.8 Å². The van der Waals surface area contributed by atoms with E-state index in [0.717, 1.165) is 36.1 Å². The van der Waals surface area contributed by atoms with Crippen molar-refractivity contribution in [3.8, 4) is 5.75 Å². The molecular formula is C24H31ClN2O3. The molecule has 2 aromatic carbocycles. The Kier molecular flexibility index (Phi) is 9.68. The number of rotatable bonds is 11. The number of ether oxygens (including phenoxy) is 1. The van der Waals surface area contributed by atoms with E-state index in [2.05, 4.69) is 12.2 Å². The van der Waals surface area contributed by atoms with Gasteiger partial charge in [-0.1, -0.05) is 55.6 Å². The molecule has 1 N–H and O–H groups in total. The zero-order valence-corrected chi connectivity index (χ0v) is 18.7. The largest absolute Gasteiger partial charge is 0.497 e. The number of unbranched alkanes of at least 4 members (excludes halogenated alkanes) is 2. The number of nitrogens with zero attached hydrogens (tertiary/aromatic N) is 1. The van der Waals surface area contributed by atoms with Crippen LogP contribution in [0.5, 0.6) is 5.75 Å². The van der Waals surface area contributed by atoms with Crippen molar-refractivity contribution in [3.63, 3.8) is 0 Å². The minimum absolute atomic E-state index is 0.107.